The van der Waals surface area contributed by atoms with Crippen LogP contribution >= 0.6 is 0 Å². The summed E-state index contributed by atoms with van der Waals surface area (Å²) in [6, 6.07) is 0. The minimum Gasteiger partial charge on any atom is -0.479 e. The fourth-order valence-corrected chi connectivity index (χ4v) is 1.46. The molecule has 16 heavy (non-hydrogen) atoms. The zero-order chi connectivity index (χ0) is 12.8. The van der Waals surface area contributed by atoms with Crippen molar-refractivity contribution in [2.24, 2.45) is 0 Å². The van der Waals surface area contributed by atoms with Crippen LogP contribution in [0.5, 0.6) is 0 Å². The van der Waals surface area contributed by atoms with E-state index in [0.29, 0.717) is 0 Å². The third kappa shape index (κ3) is 6.05. The fourth-order valence-electron chi connectivity index (χ4n) is 1.46. The van der Waals surface area contributed by atoms with Gasteiger partial charge in [-0.1, -0.05) is 6.92 Å². The van der Waals surface area contributed by atoms with Crippen molar-refractivity contribution in [2.45, 2.75) is 25.9 Å². The molecule has 0 radical (unpaired) electrons. The van der Waals surface area contributed by atoms with Crippen molar-refractivity contribution in [3.05, 3.63) is 0 Å². The minimum atomic E-state index is -1.66. The standard InChI is InChI=1S/C11H24N2O3/c1-5-13(8-6-7-12(3)4)9-11(2,16)10(14)15/h16H,5-9H2,1-4H3,(H,14,15). The van der Waals surface area contributed by atoms with E-state index in [-0.39, 0.29) is 6.54 Å². The molecule has 0 aromatic carbocycles. The molecule has 0 aromatic rings. The SMILES string of the molecule is CCN(CCCN(C)C)CC(C)(O)C(=O)O. The van der Waals surface area contributed by atoms with Gasteiger partial charge in [-0.2, -0.15) is 0 Å². The third-order valence-corrected chi connectivity index (χ3v) is 2.52. The van der Waals surface area contributed by atoms with Crippen LogP contribution in [0.15, 0.2) is 0 Å². The molecule has 2 N–H and O–H groups in total. The molecule has 0 fully saturated rings. The number of hydrogen-bond donors (Lipinski definition) is 2. The Labute approximate surface area is 97.7 Å². The van der Waals surface area contributed by atoms with Crippen molar-refractivity contribution in [1.82, 2.24) is 9.80 Å². The van der Waals surface area contributed by atoms with E-state index in [0.717, 1.165) is 26.1 Å². The average Bonchev–Trinajstić information content (AvgIpc) is 2.15. The Morgan fingerprint density at radius 2 is 1.88 bits per heavy atom. The monoisotopic (exact) mass is 232 g/mol. The molecule has 96 valence electrons. The van der Waals surface area contributed by atoms with Crippen LogP contribution in [0.1, 0.15) is 20.3 Å². The van der Waals surface area contributed by atoms with Gasteiger partial charge in [-0.25, -0.2) is 4.79 Å². The van der Waals surface area contributed by atoms with Gasteiger partial charge in [0.15, 0.2) is 5.60 Å². The van der Waals surface area contributed by atoms with Crippen LogP contribution in [0.4, 0.5) is 0 Å². The van der Waals surface area contributed by atoms with Gasteiger partial charge in [0.1, 0.15) is 0 Å². The van der Waals surface area contributed by atoms with Gasteiger partial charge in [-0.05, 0) is 47.1 Å². The molecule has 0 amide bonds. The third-order valence-electron chi connectivity index (χ3n) is 2.52. The Morgan fingerprint density at radius 3 is 2.25 bits per heavy atom. The molecule has 0 heterocycles. The highest BCUT2D eigenvalue weighted by Crippen LogP contribution is 2.07. The van der Waals surface area contributed by atoms with Gasteiger partial charge in [0.25, 0.3) is 0 Å². The summed E-state index contributed by atoms with van der Waals surface area (Å²) in [7, 11) is 4.01. The number of aliphatic hydroxyl groups is 1. The molecular formula is C11H24N2O3. The van der Waals surface area contributed by atoms with Crippen LogP contribution < -0.4 is 0 Å². The Bertz CT molecular complexity index is 217. The van der Waals surface area contributed by atoms with Gasteiger partial charge < -0.3 is 20.0 Å². The van der Waals surface area contributed by atoms with Gasteiger partial charge in [0.2, 0.25) is 0 Å². The molecule has 0 aliphatic carbocycles. The lowest BCUT2D eigenvalue weighted by atomic mass is 10.1. The summed E-state index contributed by atoms with van der Waals surface area (Å²) in [5.74, 6) is -1.17. The second-order valence-corrected chi connectivity index (χ2v) is 4.60. The Hall–Kier alpha value is -0.650. The highest BCUT2D eigenvalue weighted by molar-refractivity contribution is 5.76. The predicted molar refractivity (Wildman–Crippen MR) is 63.5 cm³/mol. The molecule has 0 spiro atoms. The smallest absolute Gasteiger partial charge is 0.336 e. The number of carbonyl (C=O) groups is 1. The number of aliphatic carboxylic acids is 1. The summed E-state index contributed by atoms with van der Waals surface area (Å²) in [4.78, 5) is 14.8. The van der Waals surface area contributed by atoms with Crippen LogP contribution in [-0.2, 0) is 4.79 Å². The molecule has 1 atom stereocenters. The quantitative estimate of drug-likeness (QED) is 0.621. The van der Waals surface area contributed by atoms with Crippen molar-refractivity contribution >= 4 is 5.97 Å². The van der Waals surface area contributed by atoms with E-state index in [2.05, 4.69) is 4.90 Å². The van der Waals surface area contributed by atoms with Crippen molar-refractivity contribution in [2.75, 3.05) is 40.3 Å². The summed E-state index contributed by atoms with van der Waals surface area (Å²) in [6.07, 6.45) is 0.969. The first kappa shape index (κ1) is 15.3. The van der Waals surface area contributed by atoms with E-state index < -0.39 is 11.6 Å². The molecule has 0 rings (SSSR count). The molecule has 5 nitrogen and oxygen atoms in total. The molecule has 0 bridgehead atoms. The first-order valence-electron chi connectivity index (χ1n) is 5.62. The highest BCUT2D eigenvalue weighted by Gasteiger charge is 2.31. The number of likely N-dealkylation sites (N-methyl/N-ethyl adjacent to an activating group) is 1. The Morgan fingerprint density at radius 1 is 1.31 bits per heavy atom. The van der Waals surface area contributed by atoms with Gasteiger partial charge >= 0.3 is 5.97 Å². The zero-order valence-corrected chi connectivity index (χ0v) is 10.7. The van der Waals surface area contributed by atoms with Gasteiger partial charge in [-0.15, -0.1) is 0 Å². The van der Waals surface area contributed by atoms with Crippen molar-refractivity contribution in [3.8, 4) is 0 Å². The van der Waals surface area contributed by atoms with E-state index in [1.165, 1.54) is 6.92 Å². The first-order valence-corrected chi connectivity index (χ1v) is 5.62. The summed E-state index contributed by atoms with van der Waals surface area (Å²) in [5, 5.41) is 18.5. The van der Waals surface area contributed by atoms with E-state index in [1.807, 2.05) is 25.9 Å². The van der Waals surface area contributed by atoms with Crippen LogP contribution in [-0.4, -0.2) is 71.9 Å². The predicted octanol–water partition coefficient (Wildman–Crippen LogP) is 0.0956. The minimum absolute atomic E-state index is 0.173. The van der Waals surface area contributed by atoms with Crippen LogP contribution in [0.25, 0.3) is 0 Å². The van der Waals surface area contributed by atoms with E-state index >= 15 is 0 Å². The second-order valence-electron chi connectivity index (χ2n) is 4.60. The van der Waals surface area contributed by atoms with Crippen molar-refractivity contribution in [1.29, 1.82) is 0 Å². The molecule has 0 saturated heterocycles. The van der Waals surface area contributed by atoms with E-state index in [4.69, 9.17) is 5.11 Å². The summed E-state index contributed by atoms with van der Waals surface area (Å²) in [6.45, 7) is 5.99. The number of carboxylic acid groups (broad SMARTS) is 1. The van der Waals surface area contributed by atoms with Crippen LogP contribution in [0.3, 0.4) is 0 Å². The number of nitrogens with zero attached hydrogens (tertiary/aromatic N) is 2. The topological polar surface area (TPSA) is 64.0 Å². The highest BCUT2D eigenvalue weighted by atomic mass is 16.4. The largest absolute Gasteiger partial charge is 0.479 e. The second kappa shape index (κ2) is 6.83. The van der Waals surface area contributed by atoms with Crippen LogP contribution in [0, 0.1) is 0 Å². The number of rotatable bonds is 8. The lowest BCUT2D eigenvalue weighted by Gasteiger charge is -2.28. The zero-order valence-electron chi connectivity index (χ0n) is 10.7. The van der Waals surface area contributed by atoms with Crippen molar-refractivity contribution < 1.29 is 15.0 Å². The maximum Gasteiger partial charge on any atom is 0.336 e. The summed E-state index contributed by atoms with van der Waals surface area (Å²) in [5.41, 5.74) is -1.66. The molecule has 0 aromatic heterocycles. The molecule has 0 aliphatic heterocycles. The van der Waals surface area contributed by atoms with Gasteiger partial charge in [0, 0.05) is 6.54 Å². The first-order chi connectivity index (χ1) is 7.29. The maximum atomic E-state index is 10.8. The van der Waals surface area contributed by atoms with Crippen molar-refractivity contribution in [3.63, 3.8) is 0 Å². The molecule has 5 heteroatoms. The van der Waals surface area contributed by atoms with Crippen LogP contribution in [0.2, 0.25) is 0 Å². The summed E-state index contributed by atoms with van der Waals surface area (Å²) >= 11 is 0. The lowest BCUT2D eigenvalue weighted by Crippen LogP contribution is -2.47. The average molecular weight is 232 g/mol. The van der Waals surface area contributed by atoms with Gasteiger partial charge in [0.05, 0.1) is 0 Å². The Kier molecular flexibility index (Phi) is 6.55. The Balaban J connectivity index is 4.05. The normalized spacial score (nSPS) is 15.4. The van der Waals surface area contributed by atoms with E-state index in [1.54, 1.807) is 0 Å². The molecule has 1 unspecified atom stereocenters. The fraction of sp³-hybridized carbons (Fsp3) is 0.909. The molecule has 0 aliphatic rings. The number of carboxylic acids is 1. The lowest BCUT2D eigenvalue weighted by molar-refractivity contribution is -0.158. The van der Waals surface area contributed by atoms with Gasteiger partial charge in [-0.3, -0.25) is 0 Å². The molecule has 0 saturated carbocycles. The maximum absolute atomic E-state index is 10.8. The summed E-state index contributed by atoms with van der Waals surface area (Å²) < 4.78 is 0. The van der Waals surface area contributed by atoms with E-state index in [9.17, 15) is 9.90 Å². The number of hydrogen-bond acceptors (Lipinski definition) is 4. The molecular weight excluding hydrogens is 208 g/mol.